The van der Waals surface area contributed by atoms with Crippen molar-refractivity contribution in [2.24, 2.45) is 5.73 Å². The minimum absolute atomic E-state index is 0.334. The smallest absolute Gasteiger partial charge is 0.252 e. The molecule has 0 spiro atoms. The number of aromatic nitrogens is 1. The molecule has 1 rings (SSSR count). The van der Waals surface area contributed by atoms with E-state index in [1.165, 1.54) is 6.20 Å². The number of carbonyl (C=O) groups is 1. The summed E-state index contributed by atoms with van der Waals surface area (Å²) in [6.45, 7) is 7.21. The van der Waals surface area contributed by atoms with Gasteiger partial charge in [0.15, 0.2) is 0 Å². The normalized spacial score (nSPS) is 10.5. The lowest BCUT2D eigenvalue weighted by atomic mass is 10.1. The van der Waals surface area contributed by atoms with Gasteiger partial charge in [0.25, 0.3) is 5.91 Å². The molecule has 4 nitrogen and oxygen atoms in total. The number of anilines is 1. The van der Waals surface area contributed by atoms with Crippen LogP contribution in [0.4, 0.5) is 5.69 Å². The van der Waals surface area contributed by atoms with Crippen LogP contribution < -0.4 is 10.6 Å². The maximum atomic E-state index is 11.3. The zero-order valence-corrected chi connectivity index (χ0v) is 10.1. The van der Waals surface area contributed by atoms with Gasteiger partial charge >= 0.3 is 0 Å². The average Bonchev–Trinajstić information content (AvgIpc) is 2.25. The molecule has 16 heavy (non-hydrogen) atoms. The first-order valence-corrected chi connectivity index (χ1v) is 5.58. The van der Waals surface area contributed by atoms with Gasteiger partial charge < -0.3 is 10.6 Å². The Bertz CT molecular complexity index is 363. The lowest BCUT2D eigenvalue weighted by Gasteiger charge is -2.29. The number of hydrogen-bond acceptors (Lipinski definition) is 3. The van der Waals surface area contributed by atoms with Gasteiger partial charge in [-0.15, -0.1) is 0 Å². The number of rotatable bonds is 5. The summed E-state index contributed by atoms with van der Waals surface area (Å²) >= 11 is 0. The summed E-state index contributed by atoms with van der Waals surface area (Å²) in [6.07, 6.45) is 4.24. The molecule has 0 unspecified atom stereocenters. The largest absolute Gasteiger partial charge is 0.368 e. The van der Waals surface area contributed by atoms with Gasteiger partial charge in [0.05, 0.1) is 11.3 Å². The maximum Gasteiger partial charge on any atom is 0.252 e. The third-order valence-electron chi connectivity index (χ3n) is 2.46. The van der Waals surface area contributed by atoms with Crippen molar-refractivity contribution in [3.8, 4) is 0 Å². The average molecular weight is 221 g/mol. The minimum Gasteiger partial charge on any atom is -0.368 e. The molecule has 0 bridgehead atoms. The monoisotopic (exact) mass is 221 g/mol. The highest BCUT2D eigenvalue weighted by Crippen LogP contribution is 2.21. The topological polar surface area (TPSA) is 59.2 Å². The van der Waals surface area contributed by atoms with Crippen molar-refractivity contribution in [1.82, 2.24) is 4.98 Å². The zero-order chi connectivity index (χ0) is 12.1. The molecule has 0 aromatic carbocycles. The highest BCUT2D eigenvalue weighted by Gasteiger charge is 2.16. The first-order valence-electron chi connectivity index (χ1n) is 5.58. The molecule has 1 aromatic rings. The maximum absolute atomic E-state index is 11.3. The van der Waals surface area contributed by atoms with E-state index in [9.17, 15) is 4.79 Å². The molecule has 0 aliphatic rings. The Hall–Kier alpha value is -1.58. The van der Waals surface area contributed by atoms with Crippen LogP contribution in [-0.2, 0) is 0 Å². The van der Waals surface area contributed by atoms with E-state index in [0.29, 0.717) is 11.6 Å². The van der Waals surface area contributed by atoms with Crippen LogP contribution in [0.5, 0.6) is 0 Å². The Labute approximate surface area is 96.5 Å². The summed E-state index contributed by atoms with van der Waals surface area (Å²) in [5.41, 5.74) is 6.71. The molecule has 2 N–H and O–H groups in total. The number of nitrogens with two attached hydrogens (primary N) is 1. The van der Waals surface area contributed by atoms with Gasteiger partial charge in [0.2, 0.25) is 0 Å². The first kappa shape index (κ1) is 12.5. The van der Waals surface area contributed by atoms with Crippen molar-refractivity contribution in [2.75, 3.05) is 11.4 Å². The molecule has 0 radical (unpaired) electrons. The van der Waals surface area contributed by atoms with Gasteiger partial charge in [-0.25, -0.2) is 0 Å². The van der Waals surface area contributed by atoms with Crippen LogP contribution in [0.1, 0.15) is 37.6 Å². The van der Waals surface area contributed by atoms with E-state index in [1.54, 1.807) is 6.20 Å². The van der Waals surface area contributed by atoms with Crippen molar-refractivity contribution in [1.29, 1.82) is 0 Å². The Morgan fingerprint density at radius 1 is 1.56 bits per heavy atom. The minimum atomic E-state index is -0.426. The van der Waals surface area contributed by atoms with Gasteiger partial charge in [0, 0.05) is 25.0 Å². The molecule has 88 valence electrons. The van der Waals surface area contributed by atoms with Crippen molar-refractivity contribution >= 4 is 11.6 Å². The number of amides is 1. The van der Waals surface area contributed by atoms with Gasteiger partial charge in [-0.2, -0.15) is 0 Å². The summed E-state index contributed by atoms with van der Waals surface area (Å²) in [5.74, 6) is -0.426. The molecular weight excluding hydrogens is 202 g/mol. The second kappa shape index (κ2) is 5.49. The van der Waals surface area contributed by atoms with Crippen molar-refractivity contribution in [3.63, 3.8) is 0 Å². The van der Waals surface area contributed by atoms with Crippen LogP contribution in [0.25, 0.3) is 0 Å². The molecule has 4 heteroatoms. The summed E-state index contributed by atoms with van der Waals surface area (Å²) in [5, 5.41) is 0. The van der Waals surface area contributed by atoms with Gasteiger partial charge in [-0.3, -0.25) is 9.78 Å². The Balaban J connectivity index is 3.12. The fourth-order valence-corrected chi connectivity index (χ4v) is 1.73. The third-order valence-corrected chi connectivity index (χ3v) is 2.46. The van der Waals surface area contributed by atoms with Gasteiger partial charge in [0.1, 0.15) is 0 Å². The van der Waals surface area contributed by atoms with Crippen LogP contribution in [0, 0.1) is 0 Å². The van der Waals surface area contributed by atoms with Crippen LogP contribution in [0.3, 0.4) is 0 Å². The molecule has 0 aliphatic carbocycles. The first-order chi connectivity index (χ1) is 7.57. The quantitative estimate of drug-likeness (QED) is 0.824. The number of hydrogen-bond donors (Lipinski definition) is 1. The third kappa shape index (κ3) is 2.72. The Morgan fingerprint density at radius 3 is 2.75 bits per heavy atom. The Morgan fingerprint density at radius 2 is 2.25 bits per heavy atom. The fourth-order valence-electron chi connectivity index (χ4n) is 1.73. The lowest BCUT2D eigenvalue weighted by molar-refractivity contribution is 0.100. The van der Waals surface area contributed by atoms with Crippen molar-refractivity contribution in [2.45, 2.75) is 33.2 Å². The number of nitrogens with zero attached hydrogens (tertiary/aromatic N) is 2. The summed E-state index contributed by atoms with van der Waals surface area (Å²) in [7, 11) is 0. The van der Waals surface area contributed by atoms with E-state index in [2.05, 4.69) is 30.7 Å². The second-order valence-corrected chi connectivity index (χ2v) is 4.04. The predicted molar refractivity (Wildman–Crippen MR) is 65.5 cm³/mol. The molecule has 1 aromatic heterocycles. The van der Waals surface area contributed by atoms with E-state index in [0.717, 1.165) is 18.7 Å². The predicted octanol–water partition coefficient (Wildman–Crippen LogP) is 1.81. The zero-order valence-electron chi connectivity index (χ0n) is 10.1. The number of pyridine rings is 1. The SMILES string of the molecule is CCCN(c1ccncc1C(N)=O)C(C)C. The summed E-state index contributed by atoms with van der Waals surface area (Å²) in [4.78, 5) is 17.4. The standard InChI is InChI=1S/C12H19N3O/c1-4-7-15(9(2)3)11-5-6-14-8-10(11)12(13)16/h5-6,8-9H,4,7H2,1-3H3,(H2,13,16). The molecule has 1 heterocycles. The van der Waals surface area contributed by atoms with Crippen molar-refractivity contribution in [3.05, 3.63) is 24.0 Å². The number of carbonyl (C=O) groups excluding carboxylic acids is 1. The van der Waals surface area contributed by atoms with E-state index in [-0.39, 0.29) is 0 Å². The Kier molecular flexibility index (Phi) is 4.28. The van der Waals surface area contributed by atoms with E-state index in [4.69, 9.17) is 5.73 Å². The molecule has 0 fully saturated rings. The molecule has 0 atom stereocenters. The van der Waals surface area contributed by atoms with Crippen LogP contribution in [0.2, 0.25) is 0 Å². The van der Waals surface area contributed by atoms with Gasteiger partial charge in [-0.05, 0) is 26.3 Å². The van der Waals surface area contributed by atoms with Crippen LogP contribution >= 0.6 is 0 Å². The molecular formula is C12H19N3O. The highest BCUT2D eigenvalue weighted by atomic mass is 16.1. The summed E-state index contributed by atoms with van der Waals surface area (Å²) in [6, 6.07) is 2.18. The van der Waals surface area contributed by atoms with E-state index >= 15 is 0 Å². The lowest BCUT2D eigenvalue weighted by Crippen LogP contribution is -2.33. The van der Waals surface area contributed by atoms with Gasteiger partial charge in [-0.1, -0.05) is 6.92 Å². The van der Waals surface area contributed by atoms with Crippen molar-refractivity contribution < 1.29 is 4.79 Å². The summed E-state index contributed by atoms with van der Waals surface area (Å²) < 4.78 is 0. The van der Waals surface area contributed by atoms with E-state index < -0.39 is 5.91 Å². The number of primary amides is 1. The highest BCUT2D eigenvalue weighted by molar-refractivity contribution is 5.98. The van der Waals surface area contributed by atoms with E-state index in [1.807, 2.05) is 6.07 Å². The molecule has 0 aliphatic heterocycles. The molecule has 1 amide bonds. The fraction of sp³-hybridized carbons (Fsp3) is 0.500. The van der Waals surface area contributed by atoms with Crippen LogP contribution in [-0.4, -0.2) is 23.5 Å². The molecule has 0 saturated heterocycles. The second-order valence-electron chi connectivity index (χ2n) is 4.04. The molecule has 0 saturated carbocycles. The van der Waals surface area contributed by atoms with Crippen LogP contribution in [0.15, 0.2) is 18.5 Å².